The maximum atomic E-state index is 13.1. The zero-order valence-electron chi connectivity index (χ0n) is 14.0. The van der Waals surface area contributed by atoms with Crippen LogP contribution in [0.15, 0.2) is 48.5 Å². The van der Waals surface area contributed by atoms with Crippen LogP contribution in [0.1, 0.15) is 21.7 Å². The number of nitrogens with one attached hydrogen (secondary N) is 1. The molecule has 0 unspecified atom stereocenters. The number of hydrogen-bond donors (Lipinski definition) is 2. The summed E-state index contributed by atoms with van der Waals surface area (Å²) in [4.78, 5) is 12.7. The summed E-state index contributed by atoms with van der Waals surface area (Å²) in [6.45, 7) is 1.75. The molecule has 0 saturated heterocycles. The van der Waals surface area contributed by atoms with Gasteiger partial charge in [-0.1, -0.05) is 35.9 Å². The Morgan fingerprint density at radius 3 is 2.56 bits per heavy atom. The van der Waals surface area contributed by atoms with Gasteiger partial charge in [-0.05, 0) is 30.7 Å². The molecule has 0 saturated carbocycles. The van der Waals surface area contributed by atoms with Crippen LogP contribution in [0.2, 0.25) is 5.02 Å². The highest BCUT2D eigenvalue weighted by Gasteiger charge is 2.36. The third-order valence-electron chi connectivity index (χ3n) is 3.89. The van der Waals surface area contributed by atoms with Crippen LogP contribution in [-0.4, -0.2) is 15.7 Å². The van der Waals surface area contributed by atoms with Gasteiger partial charge in [0, 0.05) is 6.07 Å². The second kappa shape index (κ2) is 6.96. The summed E-state index contributed by atoms with van der Waals surface area (Å²) in [5.74, 6) is -0.796. The van der Waals surface area contributed by atoms with E-state index in [9.17, 15) is 18.0 Å². The van der Waals surface area contributed by atoms with Crippen LogP contribution in [0.3, 0.4) is 0 Å². The number of aryl methyl sites for hydroxylation is 1. The Labute approximate surface area is 157 Å². The number of hydrogen-bond acceptors (Lipinski definition) is 3. The van der Waals surface area contributed by atoms with Gasteiger partial charge in [0.05, 0.1) is 22.1 Å². The Bertz CT molecular complexity index is 1010. The summed E-state index contributed by atoms with van der Waals surface area (Å²) in [6, 6.07) is 11.8. The number of halogens is 4. The van der Waals surface area contributed by atoms with E-state index in [1.165, 1.54) is 12.1 Å². The van der Waals surface area contributed by atoms with Gasteiger partial charge in [0.15, 0.2) is 5.69 Å². The van der Waals surface area contributed by atoms with E-state index < -0.39 is 17.8 Å². The molecule has 140 valence electrons. The first-order chi connectivity index (χ1) is 12.7. The van der Waals surface area contributed by atoms with Crippen molar-refractivity contribution < 1.29 is 18.0 Å². The topological polar surface area (TPSA) is 72.9 Å². The molecule has 0 bridgehead atoms. The molecule has 1 heterocycles. The summed E-state index contributed by atoms with van der Waals surface area (Å²) in [7, 11) is 0. The maximum Gasteiger partial charge on any atom is 0.435 e. The monoisotopic (exact) mass is 394 g/mol. The molecule has 0 radical (unpaired) electrons. The van der Waals surface area contributed by atoms with E-state index in [1.807, 2.05) is 0 Å². The first-order valence-electron chi connectivity index (χ1n) is 7.77. The lowest BCUT2D eigenvalue weighted by Gasteiger charge is -2.12. The molecule has 0 aliphatic heterocycles. The van der Waals surface area contributed by atoms with Crippen molar-refractivity contribution >= 4 is 28.9 Å². The van der Waals surface area contributed by atoms with Crippen LogP contribution in [0.5, 0.6) is 0 Å². The zero-order chi connectivity index (χ0) is 19.8. The number of rotatable bonds is 3. The second-order valence-corrected chi connectivity index (χ2v) is 6.17. The van der Waals surface area contributed by atoms with Crippen LogP contribution in [-0.2, 0) is 6.18 Å². The summed E-state index contributed by atoms with van der Waals surface area (Å²) >= 11 is 6.07. The van der Waals surface area contributed by atoms with Gasteiger partial charge in [-0.15, -0.1) is 0 Å². The molecule has 3 rings (SSSR count). The molecular weight excluding hydrogens is 381 g/mol. The van der Waals surface area contributed by atoms with Gasteiger partial charge in [-0.25, -0.2) is 4.68 Å². The third-order valence-corrected chi connectivity index (χ3v) is 4.21. The summed E-state index contributed by atoms with van der Waals surface area (Å²) < 4.78 is 40.3. The fraction of sp³-hybridized carbons (Fsp3) is 0.111. The molecule has 5 nitrogen and oxygen atoms in total. The van der Waals surface area contributed by atoms with Gasteiger partial charge in [0.25, 0.3) is 5.91 Å². The molecule has 1 amide bonds. The minimum Gasteiger partial charge on any atom is -0.397 e. The van der Waals surface area contributed by atoms with Crippen LogP contribution < -0.4 is 11.1 Å². The number of nitrogens with two attached hydrogens (primary N) is 1. The molecule has 0 atom stereocenters. The van der Waals surface area contributed by atoms with Crippen LogP contribution >= 0.6 is 11.6 Å². The summed E-state index contributed by atoms with van der Waals surface area (Å²) in [5.41, 5.74) is 5.88. The van der Waals surface area contributed by atoms with E-state index in [4.69, 9.17) is 17.3 Å². The van der Waals surface area contributed by atoms with Crippen LogP contribution in [0.4, 0.5) is 24.5 Å². The molecule has 0 fully saturated rings. The van der Waals surface area contributed by atoms with Crippen LogP contribution in [0.25, 0.3) is 5.69 Å². The normalized spacial score (nSPS) is 11.4. The zero-order valence-corrected chi connectivity index (χ0v) is 14.8. The predicted octanol–water partition coefficient (Wildman–Crippen LogP) is 4.69. The van der Waals surface area contributed by atoms with E-state index in [0.29, 0.717) is 17.4 Å². The van der Waals surface area contributed by atoms with E-state index in [0.717, 1.165) is 10.2 Å². The van der Waals surface area contributed by atoms with Gasteiger partial charge in [-0.3, -0.25) is 4.79 Å². The van der Waals surface area contributed by atoms with Crippen molar-refractivity contribution in [1.29, 1.82) is 0 Å². The highest BCUT2D eigenvalue weighted by Crippen LogP contribution is 2.31. The summed E-state index contributed by atoms with van der Waals surface area (Å²) in [6.07, 6.45) is -4.72. The number of para-hydroxylation sites is 2. The minimum atomic E-state index is -4.72. The molecule has 27 heavy (non-hydrogen) atoms. The fourth-order valence-electron chi connectivity index (χ4n) is 2.46. The number of alkyl halides is 3. The van der Waals surface area contributed by atoms with Crippen molar-refractivity contribution in [3.8, 4) is 5.69 Å². The molecule has 0 aliphatic rings. The molecule has 2 aromatic carbocycles. The SMILES string of the molecule is Cc1cccc(NC(=O)c2cc(C(F)(F)F)nn2-c2ccccc2Cl)c1N. The van der Waals surface area contributed by atoms with E-state index in [2.05, 4.69) is 10.4 Å². The average Bonchev–Trinajstić information content (AvgIpc) is 3.05. The number of carbonyl (C=O) groups excluding carboxylic acids is 1. The minimum absolute atomic E-state index is 0.150. The Balaban J connectivity index is 2.08. The fourth-order valence-corrected chi connectivity index (χ4v) is 2.68. The first kappa shape index (κ1) is 18.8. The molecule has 3 aromatic rings. The first-order valence-corrected chi connectivity index (χ1v) is 8.15. The standard InChI is InChI=1S/C18H14ClF3N4O/c1-10-5-4-7-12(16(10)23)24-17(27)14-9-15(18(20,21)22)25-26(14)13-8-3-2-6-11(13)19/h2-9H,23H2,1H3,(H,24,27). The van der Waals surface area contributed by atoms with Crippen LogP contribution in [0, 0.1) is 6.92 Å². The van der Waals surface area contributed by atoms with Gasteiger partial charge in [-0.2, -0.15) is 18.3 Å². The smallest absolute Gasteiger partial charge is 0.397 e. The summed E-state index contributed by atoms with van der Waals surface area (Å²) in [5, 5.41) is 6.21. The lowest BCUT2D eigenvalue weighted by atomic mass is 10.1. The number of carbonyl (C=O) groups is 1. The van der Waals surface area contributed by atoms with E-state index >= 15 is 0 Å². The van der Waals surface area contributed by atoms with Gasteiger partial charge in [0.1, 0.15) is 5.69 Å². The highest BCUT2D eigenvalue weighted by molar-refractivity contribution is 6.32. The van der Waals surface area contributed by atoms with Crippen molar-refractivity contribution in [2.24, 2.45) is 0 Å². The van der Waals surface area contributed by atoms with E-state index in [1.54, 1.807) is 37.3 Å². The molecule has 9 heteroatoms. The Kier molecular flexibility index (Phi) is 4.84. The maximum absolute atomic E-state index is 13.1. The molecule has 0 aliphatic carbocycles. The Hall–Kier alpha value is -3.00. The largest absolute Gasteiger partial charge is 0.435 e. The predicted molar refractivity (Wildman–Crippen MR) is 97.1 cm³/mol. The van der Waals surface area contributed by atoms with Crippen molar-refractivity contribution in [3.63, 3.8) is 0 Å². The molecule has 3 N–H and O–H groups in total. The van der Waals surface area contributed by atoms with Gasteiger partial charge < -0.3 is 11.1 Å². The lowest BCUT2D eigenvalue weighted by Crippen LogP contribution is -2.18. The van der Waals surface area contributed by atoms with Crippen molar-refractivity contribution in [3.05, 3.63) is 70.5 Å². The van der Waals surface area contributed by atoms with Crippen molar-refractivity contribution in [2.75, 3.05) is 11.1 Å². The number of benzene rings is 2. The lowest BCUT2D eigenvalue weighted by molar-refractivity contribution is -0.141. The number of nitrogens with zero attached hydrogens (tertiary/aromatic N) is 2. The second-order valence-electron chi connectivity index (χ2n) is 5.77. The van der Waals surface area contributed by atoms with E-state index in [-0.39, 0.29) is 16.4 Å². The average molecular weight is 395 g/mol. The van der Waals surface area contributed by atoms with Crippen molar-refractivity contribution in [2.45, 2.75) is 13.1 Å². The Morgan fingerprint density at radius 1 is 1.19 bits per heavy atom. The van der Waals surface area contributed by atoms with Crippen molar-refractivity contribution in [1.82, 2.24) is 9.78 Å². The van der Waals surface area contributed by atoms with Gasteiger partial charge >= 0.3 is 6.18 Å². The Morgan fingerprint density at radius 2 is 1.89 bits per heavy atom. The number of anilines is 2. The quantitative estimate of drug-likeness (QED) is 0.633. The molecule has 0 spiro atoms. The number of amides is 1. The van der Waals surface area contributed by atoms with Gasteiger partial charge in [0.2, 0.25) is 0 Å². The number of aromatic nitrogens is 2. The highest BCUT2D eigenvalue weighted by atomic mass is 35.5. The third kappa shape index (κ3) is 3.75. The molecule has 1 aromatic heterocycles. The number of nitrogen functional groups attached to an aromatic ring is 1. The molecular formula is C18H14ClF3N4O.